The van der Waals surface area contributed by atoms with E-state index in [1.165, 1.54) is 0 Å². The molecule has 1 heterocycles. The van der Waals surface area contributed by atoms with Gasteiger partial charge in [0.15, 0.2) is 0 Å². The molecule has 1 amide bonds. The molecule has 0 saturated heterocycles. The van der Waals surface area contributed by atoms with Crippen molar-refractivity contribution in [3.8, 4) is 0 Å². The molecular weight excluding hydrogens is 190 g/mol. The Morgan fingerprint density at radius 2 is 2.15 bits per heavy atom. The van der Waals surface area contributed by atoms with Crippen LogP contribution in [0.15, 0.2) is 0 Å². The number of rotatable bonds is 3. The normalized spacial score (nSPS) is 11.2. The molecule has 0 bridgehead atoms. The summed E-state index contributed by atoms with van der Waals surface area (Å²) >= 11 is 1.04. The second-order valence-electron chi connectivity index (χ2n) is 3.12. The summed E-state index contributed by atoms with van der Waals surface area (Å²) in [6.45, 7) is 3.40. The minimum Gasteiger partial charge on any atom is -0.363 e. The molecule has 0 spiro atoms. The van der Waals surface area contributed by atoms with Gasteiger partial charge in [-0.3, -0.25) is 4.79 Å². The Balaban J connectivity index is 3.05. The summed E-state index contributed by atoms with van der Waals surface area (Å²) in [4.78, 5) is 21.3. The summed E-state index contributed by atoms with van der Waals surface area (Å²) in [5.41, 5.74) is 4.29. The van der Waals surface area contributed by atoms with Crippen LogP contribution in [0.5, 0.6) is 0 Å². The Kier molecular flexibility index (Phi) is 2.42. The maximum atomic E-state index is 10.7. The molecule has 0 saturated carbocycles. The zero-order chi connectivity index (χ0) is 10.1. The fourth-order valence-corrected chi connectivity index (χ4v) is 1.39. The first-order valence-electron chi connectivity index (χ1n) is 3.57. The third-order valence-electron chi connectivity index (χ3n) is 1.48. The van der Waals surface area contributed by atoms with E-state index in [0.717, 1.165) is 17.6 Å². The molecule has 0 aliphatic rings. The molecule has 0 radical (unpaired) electrons. The van der Waals surface area contributed by atoms with Crippen LogP contribution in [0.1, 0.15) is 28.7 Å². The Bertz CT molecular complexity index is 345. The first kappa shape index (κ1) is 9.79. The highest BCUT2D eigenvalue weighted by Crippen LogP contribution is 2.23. The molecule has 13 heavy (non-hydrogen) atoms. The van der Waals surface area contributed by atoms with E-state index >= 15 is 0 Å². The lowest BCUT2D eigenvalue weighted by atomic mass is 9.97. The summed E-state index contributed by atoms with van der Waals surface area (Å²) in [6.07, 6.45) is 0.762. The van der Waals surface area contributed by atoms with E-state index in [9.17, 15) is 9.59 Å². The lowest BCUT2D eigenvalue weighted by molar-refractivity contribution is -0.111. The molecule has 0 unspecified atom stereocenters. The number of aromatic nitrogens is 2. The highest BCUT2D eigenvalue weighted by Gasteiger charge is 2.25. The van der Waals surface area contributed by atoms with Crippen LogP contribution < -0.4 is 5.73 Å². The number of nitrogens with two attached hydrogens (primary N) is 1. The van der Waals surface area contributed by atoms with Gasteiger partial charge in [-0.1, -0.05) is 11.3 Å². The summed E-state index contributed by atoms with van der Waals surface area (Å²) in [7, 11) is 0. The number of carbonyl (C=O) groups excluding carboxylic acids is 2. The van der Waals surface area contributed by atoms with Gasteiger partial charge in [0, 0.05) is 0 Å². The van der Waals surface area contributed by atoms with Crippen LogP contribution >= 0.6 is 11.3 Å². The average molecular weight is 199 g/mol. The summed E-state index contributed by atoms with van der Waals surface area (Å²) in [5, 5.41) is 7.91. The van der Waals surface area contributed by atoms with Crippen molar-refractivity contribution in [2.45, 2.75) is 19.3 Å². The number of hydrogen-bond donors (Lipinski definition) is 1. The lowest BCUT2D eigenvalue weighted by Gasteiger charge is -2.10. The molecule has 1 rings (SSSR count). The van der Waals surface area contributed by atoms with Crippen molar-refractivity contribution in [1.29, 1.82) is 0 Å². The molecule has 0 aromatic carbocycles. The Hall–Kier alpha value is -1.30. The van der Waals surface area contributed by atoms with Crippen molar-refractivity contribution in [2.24, 2.45) is 5.73 Å². The van der Waals surface area contributed by atoms with Crippen molar-refractivity contribution in [3.05, 3.63) is 10.0 Å². The molecule has 5 nitrogen and oxygen atoms in total. The number of nitrogens with zero attached hydrogens (tertiary/aromatic N) is 2. The lowest BCUT2D eigenvalue weighted by Crippen LogP contribution is -2.18. The van der Waals surface area contributed by atoms with Gasteiger partial charge in [0.1, 0.15) is 11.3 Å². The Labute approximate surface area is 79.0 Å². The fraction of sp³-hybridized carbons (Fsp3) is 0.429. The Morgan fingerprint density at radius 3 is 2.54 bits per heavy atom. The Morgan fingerprint density at radius 1 is 1.54 bits per heavy atom. The van der Waals surface area contributed by atoms with Crippen LogP contribution in [0, 0.1) is 0 Å². The van der Waals surface area contributed by atoms with Gasteiger partial charge in [-0.25, -0.2) is 0 Å². The third-order valence-corrected chi connectivity index (χ3v) is 2.76. The molecule has 2 N–H and O–H groups in total. The zero-order valence-corrected chi connectivity index (χ0v) is 8.09. The molecule has 70 valence electrons. The van der Waals surface area contributed by atoms with Gasteiger partial charge in [0.2, 0.25) is 5.01 Å². The summed E-state index contributed by atoms with van der Waals surface area (Å²) < 4.78 is 0. The SMILES string of the molecule is CC(C)(C=O)c1nnc(C(N)=O)s1. The molecule has 1 aromatic rings. The van der Waals surface area contributed by atoms with Gasteiger partial charge in [-0.2, -0.15) is 0 Å². The maximum Gasteiger partial charge on any atom is 0.279 e. The highest BCUT2D eigenvalue weighted by molar-refractivity contribution is 7.13. The van der Waals surface area contributed by atoms with Gasteiger partial charge in [0.25, 0.3) is 5.91 Å². The van der Waals surface area contributed by atoms with Crippen LogP contribution in [-0.2, 0) is 10.2 Å². The predicted molar refractivity (Wildman–Crippen MR) is 47.5 cm³/mol. The first-order chi connectivity index (χ1) is 5.97. The van der Waals surface area contributed by atoms with Crippen molar-refractivity contribution in [2.75, 3.05) is 0 Å². The van der Waals surface area contributed by atoms with E-state index in [4.69, 9.17) is 5.73 Å². The van der Waals surface area contributed by atoms with Crippen molar-refractivity contribution in [3.63, 3.8) is 0 Å². The van der Waals surface area contributed by atoms with Crippen LogP contribution in [0.3, 0.4) is 0 Å². The quantitative estimate of drug-likeness (QED) is 0.700. The van der Waals surface area contributed by atoms with Gasteiger partial charge < -0.3 is 10.5 Å². The maximum absolute atomic E-state index is 10.7. The monoisotopic (exact) mass is 199 g/mol. The fourth-order valence-electron chi connectivity index (χ4n) is 0.634. The van der Waals surface area contributed by atoms with Gasteiger partial charge in [0.05, 0.1) is 5.41 Å². The average Bonchev–Trinajstić information content (AvgIpc) is 2.52. The number of primary amides is 1. The van der Waals surface area contributed by atoms with Crippen LogP contribution in [0.2, 0.25) is 0 Å². The van der Waals surface area contributed by atoms with E-state index < -0.39 is 11.3 Å². The molecule has 0 aliphatic heterocycles. The number of amides is 1. The minimum absolute atomic E-state index is 0.130. The molecule has 0 aliphatic carbocycles. The summed E-state index contributed by atoms with van der Waals surface area (Å²) in [6, 6.07) is 0. The molecule has 1 aromatic heterocycles. The second kappa shape index (κ2) is 3.21. The second-order valence-corrected chi connectivity index (χ2v) is 4.09. The van der Waals surface area contributed by atoms with Crippen LogP contribution in [-0.4, -0.2) is 22.4 Å². The van der Waals surface area contributed by atoms with E-state index in [1.54, 1.807) is 13.8 Å². The molecular formula is C7H9N3O2S. The number of hydrogen-bond acceptors (Lipinski definition) is 5. The zero-order valence-electron chi connectivity index (χ0n) is 7.27. The number of carbonyl (C=O) groups is 2. The van der Waals surface area contributed by atoms with Gasteiger partial charge in [-0.15, -0.1) is 10.2 Å². The van der Waals surface area contributed by atoms with Crippen molar-refractivity contribution >= 4 is 23.5 Å². The number of aldehydes is 1. The molecule has 0 fully saturated rings. The minimum atomic E-state index is -0.703. The van der Waals surface area contributed by atoms with E-state index in [0.29, 0.717) is 5.01 Å². The largest absolute Gasteiger partial charge is 0.363 e. The predicted octanol–water partition coefficient (Wildman–Crippen LogP) is 0.114. The highest BCUT2D eigenvalue weighted by atomic mass is 32.1. The topological polar surface area (TPSA) is 85.9 Å². The summed E-state index contributed by atoms with van der Waals surface area (Å²) in [5.74, 6) is -0.620. The smallest absolute Gasteiger partial charge is 0.279 e. The van der Waals surface area contributed by atoms with E-state index in [-0.39, 0.29) is 5.01 Å². The van der Waals surface area contributed by atoms with Crippen LogP contribution in [0.25, 0.3) is 0 Å². The molecule has 0 atom stereocenters. The van der Waals surface area contributed by atoms with E-state index in [2.05, 4.69) is 10.2 Å². The third kappa shape index (κ3) is 1.89. The van der Waals surface area contributed by atoms with Crippen LogP contribution in [0.4, 0.5) is 0 Å². The molecule has 6 heteroatoms. The van der Waals surface area contributed by atoms with Gasteiger partial charge >= 0.3 is 0 Å². The van der Waals surface area contributed by atoms with Crippen molar-refractivity contribution < 1.29 is 9.59 Å². The first-order valence-corrected chi connectivity index (χ1v) is 4.39. The standard InChI is InChI=1S/C7H9N3O2S/c1-7(2,3-11)6-10-9-5(13-6)4(8)12/h3H,1-2H3,(H2,8,12). The van der Waals surface area contributed by atoms with Crippen molar-refractivity contribution in [1.82, 2.24) is 10.2 Å². The van der Waals surface area contributed by atoms with Gasteiger partial charge in [-0.05, 0) is 13.8 Å². The van der Waals surface area contributed by atoms with E-state index in [1.807, 2.05) is 0 Å².